The number of carbonyl (C=O) groups is 3. The van der Waals surface area contributed by atoms with Crippen LogP contribution in [0.3, 0.4) is 0 Å². The van der Waals surface area contributed by atoms with Crippen LogP contribution in [0.25, 0.3) is 16.0 Å². The molecule has 0 saturated carbocycles. The molecule has 30 heavy (non-hydrogen) atoms. The van der Waals surface area contributed by atoms with Gasteiger partial charge in [0.25, 0.3) is 0 Å². The van der Waals surface area contributed by atoms with Crippen molar-refractivity contribution in [2.75, 3.05) is 13.1 Å². The Morgan fingerprint density at radius 1 is 0.667 bits per heavy atom. The van der Waals surface area contributed by atoms with Gasteiger partial charge in [-0.25, -0.2) is 0 Å². The Labute approximate surface area is 333 Å². The molecule has 162 valence electrons. The van der Waals surface area contributed by atoms with Crippen LogP contribution in [0, 0.1) is 17.8 Å². The predicted octanol–water partition coefficient (Wildman–Crippen LogP) is -3.13. The van der Waals surface area contributed by atoms with Crippen LogP contribution in [0.1, 0.15) is 82.1 Å². The van der Waals surface area contributed by atoms with Gasteiger partial charge in [0.1, 0.15) is 0 Å². The number of amides is 3. The van der Waals surface area contributed by atoms with E-state index in [1.807, 2.05) is 13.8 Å². The van der Waals surface area contributed by atoms with Crippen molar-refractivity contribution in [3.63, 3.8) is 0 Å². The van der Waals surface area contributed by atoms with Crippen LogP contribution in [0.5, 0.6) is 0 Å². The molecule has 0 aliphatic carbocycles. The Bertz CT molecular complexity index is 420. The van der Waals surface area contributed by atoms with Crippen molar-refractivity contribution in [1.82, 2.24) is 0 Å². The third kappa shape index (κ3) is 42.0. The normalized spacial score (nSPS) is 9.20. The molecule has 0 spiro atoms. The molecule has 0 aliphatic heterocycles. The van der Waals surface area contributed by atoms with E-state index >= 15 is 0 Å². The first-order valence-electron chi connectivity index (χ1n) is 9.58. The van der Waals surface area contributed by atoms with E-state index in [4.69, 9.17) is 0 Å². The van der Waals surface area contributed by atoms with Crippen molar-refractivity contribution in [2.45, 2.75) is 88.1 Å². The number of hydrogen-bond acceptors (Lipinski definition) is 3. The summed E-state index contributed by atoms with van der Waals surface area (Å²) in [4.78, 5) is 33.3. The molecule has 0 bridgehead atoms. The molecule has 0 radical (unpaired) electrons. The number of hydrogen-bond donors (Lipinski definition) is 0. The van der Waals surface area contributed by atoms with Gasteiger partial charge in [-0.2, -0.15) is 0 Å². The van der Waals surface area contributed by atoms with Crippen molar-refractivity contribution in [1.29, 1.82) is 0 Å². The Morgan fingerprint density at radius 3 is 1.53 bits per heavy atom. The maximum atomic E-state index is 11.2. The van der Waals surface area contributed by atoms with E-state index < -0.39 is 0 Å². The molecule has 6 nitrogen and oxygen atoms in total. The van der Waals surface area contributed by atoms with Crippen molar-refractivity contribution in [3.05, 3.63) is 16.0 Å². The van der Waals surface area contributed by atoms with Crippen LogP contribution < -0.4 is 175 Å². The fourth-order valence-electron chi connectivity index (χ4n) is 1.66. The standard InChI is InChI=1S/C11H22N2O2.C9H19NO.CH4.3Rb/c1-8(2)5-6-12-10(14)7-11(15)13-9(3)4;1-7(2)5-9(11)10-6-8(3)4;;;;/h8-9H,5-7H2,1-4H3,(H2,12,13,14,15);7-8H,5-6H2,1-4H3,(H,10,11);1H4;;;/q;;;3*+1/p-3. The summed E-state index contributed by atoms with van der Waals surface area (Å²) >= 11 is 0. The molecule has 0 rings (SSSR count). The van der Waals surface area contributed by atoms with Gasteiger partial charge in [-0.1, -0.05) is 75.2 Å². The zero-order chi connectivity index (χ0) is 20.7. The molecule has 0 fully saturated rings. The van der Waals surface area contributed by atoms with Crippen LogP contribution >= 0.6 is 0 Å². The maximum Gasteiger partial charge on any atom is 1.00 e. The summed E-state index contributed by atoms with van der Waals surface area (Å²) in [6.45, 7) is 17.1. The van der Waals surface area contributed by atoms with Crippen LogP contribution in [-0.2, 0) is 14.4 Å². The molecule has 3 amide bonds. The Balaban J connectivity index is -0.0000000876. The summed E-state index contributed by atoms with van der Waals surface area (Å²) in [5.41, 5.74) is 0. The topological polar surface area (TPSA) is 93.5 Å². The van der Waals surface area contributed by atoms with E-state index in [0.29, 0.717) is 37.3 Å². The molecule has 0 aromatic carbocycles. The van der Waals surface area contributed by atoms with E-state index in [2.05, 4.69) is 43.6 Å². The third-order valence-corrected chi connectivity index (χ3v) is 2.91. The van der Waals surface area contributed by atoms with Gasteiger partial charge >= 0.3 is 175 Å². The van der Waals surface area contributed by atoms with Gasteiger partial charge in [-0.15, -0.1) is 19.1 Å². The van der Waals surface area contributed by atoms with Crippen molar-refractivity contribution in [2.24, 2.45) is 17.8 Å². The summed E-state index contributed by atoms with van der Waals surface area (Å²) in [5.74, 6) is 0.768. The molecular formula is C21H42N3O3Rb3. The minimum atomic E-state index is -0.372. The van der Waals surface area contributed by atoms with Gasteiger partial charge in [0.05, 0.1) is 17.7 Å². The first kappa shape index (κ1) is 47.1. The maximum absolute atomic E-state index is 11.2. The van der Waals surface area contributed by atoms with Crippen molar-refractivity contribution in [3.8, 4) is 0 Å². The Morgan fingerprint density at radius 2 is 1.17 bits per heavy atom. The molecule has 0 N–H and O–H groups in total. The molecule has 0 aromatic rings. The number of nitrogens with zero attached hydrogens (tertiary/aromatic N) is 3. The minimum absolute atomic E-state index is 0. The Kier molecular flexibility index (Phi) is 48.4. The van der Waals surface area contributed by atoms with E-state index in [1.165, 1.54) is 0 Å². The average Bonchev–Trinajstić information content (AvgIpc) is 2.43. The van der Waals surface area contributed by atoms with Gasteiger partial charge in [0.2, 0.25) is 0 Å². The van der Waals surface area contributed by atoms with Gasteiger partial charge in [0, 0.05) is 6.42 Å². The average molecular weight is 641 g/mol. The van der Waals surface area contributed by atoms with E-state index in [-0.39, 0.29) is 212 Å². The SMILES string of the molecule is C.CC(C)CC[N-]C(=O)CC(=O)[N-]C(C)C.CC(C)C[N-]C(=O)CC(C)C.[Rb+].[Rb+].[Rb+]. The summed E-state index contributed by atoms with van der Waals surface area (Å²) in [5, 5.41) is 11.5. The largest absolute Gasteiger partial charge is 1.00 e. The molecule has 0 heterocycles. The second-order valence-electron chi connectivity index (χ2n) is 7.98. The van der Waals surface area contributed by atoms with Gasteiger partial charge in [-0.3, -0.25) is 0 Å². The molecule has 0 atom stereocenters. The molecule has 0 unspecified atom stereocenters. The molecule has 0 aliphatic rings. The fourth-order valence-corrected chi connectivity index (χ4v) is 1.66. The number of rotatable bonds is 10. The van der Waals surface area contributed by atoms with Crippen LogP contribution in [-0.4, -0.2) is 36.9 Å². The van der Waals surface area contributed by atoms with Gasteiger partial charge in [-0.05, 0) is 18.3 Å². The molecule has 9 heteroatoms. The second kappa shape index (κ2) is 30.9. The summed E-state index contributed by atoms with van der Waals surface area (Å²) in [6, 6.07) is -0.0547. The van der Waals surface area contributed by atoms with Crippen LogP contribution in [0.2, 0.25) is 0 Å². The monoisotopic (exact) mass is 639 g/mol. The minimum Gasteiger partial charge on any atom is -0.653 e. The van der Waals surface area contributed by atoms with E-state index in [0.717, 1.165) is 6.42 Å². The molecular weight excluding hydrogens is 599 g/mol. The zero-order valence-electron chi connectivity index (χ0n) is 20.9. The third-order valence-electron chi connectivity index (χ3n) is 2.91. The van der Waals surface area contributed by atoms with Crippen LogP contribution in [0.4, 0.5) is 0 Å². The van der Waals surface area contributed by atoms with Gasteiger partial charge in [0.15, 0.2) is 0 Å². The first-order valence-corrected chi connectivity index (χ1v) is 9.58. The fraction of sp³-hybridized carbons (Fsp3) is 0.857. The summed E-state index contributed by atoms with van der Waals surface area (Å²) in [7, 11) is 0. The van der Waals surface area contributed by atoms with Crippen LogP contribution in [0.15, 0.2) is 0 Å². The van der Waals surface area contributed by atoms with E-state index in [1.54, 1.807) is 13.8 Å². The van der Waals surface area contributed by atoms with Crippen molar-refractivity contribution < 1.29 is 189 Å². The van der Waals surface area contributed by atoms with E-state index in [9.17, 15) is 14.4 Å². The molecule has 0 aromatic heterocycles. The summed E-state index contributed by atoms with van der Waals surface area (Å²) < 4.78 is 0. The van der Waals surface area contributed by atoms with Gasteiger partial charge < -0.3 is 30.3 Å². The predicted molar refractivity (Wildman–Crippen MR) is 115 cm³/mol. The quantitative estimate of drug-likeness (QED) is 0.237. The molecule has 0 saturated heterocycles. The zero-order valence-corrected chi connectivity index (χ0v) is 35.7. The second-order valence-corrected chi connectivity index (χ2v) is 7.98. The smallest absolute Gasteiger partial charge is 0.653 e. The van der Waals surface area contributed by atoms with Crippen molar-refractivity contribution >= 4 is 17.7 Å². The number of carbonyl (C=O) groups excluding carboxylic acids is 3. The first-order chi connectivity index (χ1) is 11.9. The Hall–Kier alpha value is 3.83. The summed E-state index contributed by atoms with van der Waals surface area (Å²) in [6.07, 6.45) is 1.28.